The fourth-order valence-electron chi connectivity index (χ4n) is 2.48. The quantitative estimate of drug-likeness (QED) is 0.410. The number of halogens is 2. The second-order valence-electron chi connectivity index (χ2n) is 5.70. The Bertz CT molecular complexity index is 998. The third-order valence-electron chi connectivity index (χ3n) is 3.78. The van der Waals surface area contributed by atoms with Crippen molar-refractivity contribution >= 4 is 66.9 Å². The summed E-state index contributed by atoms with van der Waals surface area (Å²) in [6, 6.07) is 12.4. The van der Waals surface area contributed by atoms with Crippen LogP contribution in [-0.4, -0.2) is 28.2 Å². The largest absolute Gasteiger partial charge is 0.316 e. The van der Waals surface area contributed by atoms with E-state index in [0.717, 1.165) is 36.7 Å². The molecule has 0 atom stereocenters. The topological polar surface area (TPSA) is 34.4 Å². The Labute approximate surface area is 178 Å². The number of hydrogen-bond acceptors (Lipinski definition) is 4. The lowest BCUT2D eigenvalue weighted by Crippen LogP contribution is -2.18. The van der Waals surface area contributed by atoms with Gasteiger partial charge in [0.05, 0.1) is 10.2 Å². The molecule has 1 aromatic heterocycles. The number of benzene rings is 2. The number of thiazole rings is 1. The smallest absolute Gasteiger partial charge is 0.249 e. The summed E-state index contributed by atoms with van der Waals surface area (Å²) in [5.74, 6) is 1.20. The molecule has 1 amide bonds. The highest BCUT2D eigenvalue weighted by Crippen LogP contribution is 2.23. The van der Waals surface area contributed by atoms with Gasteiger partial charge in [-0.25, -0.2) is 4.39 Å². The third kappa shape index (κ3) is 5.70. The average molecular weight is 485 g/mol. The lowest BCUT2D eigenvalue weighted by Gasteiger charge is -2.04. The average Bonchev–Trinajstić information content (AvgIpc) is 2.97. The van der Waals surface area contributed by atoms with Gasteiger partial charge in [0.25, 0.3) is 0 Å². The van der Waals surface area contributed by atoms with E-state index in [1.807, 2.05) is 6.07 Å². The van der Waals surface area contributed by atoms with Crippen molar-refractivity contribution < 1.29 is 9.18 Å². The van der Waals surface area contributed by atoms with Gasteiger partial charge in [-0.05, 0) is 48.7 Å². The summed E-state index contributed by atoms with van der Waals surface area (Å²) < 4.78 is 17.2. The van der Waals surface area contributed by atoms with Gasteiger partial charge in [0.15, 0.2) is 4.80 Å². The van der Waals surface area contributed by atoms with Crippen molar-refractivity contribution in [2.75, 3.05) is 17.8 Å². The van der Waals surface area contributed by atoms with Crippen molar-refractivity contribution in [1.82, 2.24) is 4.57 Å². The number of aryl methyl sites for hydroxylation is 1. The molecule has 0 bridgehead atoms. The fourth-order valence-corrected chi connectivity index (χ4v) is 5.31. The van der Waals surface area contributed by atoms with Crippen LogP contribution in [0.4, 0.5) is 4.39 Å². The Hall–Kier alpha value is -1.09. The van der Waals surface area contributed by atoms with E-state index in [2.05, 4.69) is 43.9 Å². The van der Waals surface area contributed by atoms with E-state index in [4.69, 9.17) is 0 Å². The lowest BCUT2D eigenvalue weighted by atomic mass is 10.3. The minimum atomic E-state index is -0.253. The van der Waals surface area contributed by atoms with Crippen LogP contribution in [0.3, 0.4) is 0 Å². The fraction of sp³-hybridized carbons (Fsp3) is 0.263. The zero-order valence-electron chi connectivity index (χ0n) is 14.7. The van der Waals surface area contributed by atoms with Crippen molar-refractivity contribution in [2.24, 2.45) is 4.99 Å². The number of carbonyl (C=O) groups is 1. The van der Waals surface area contributed by atoms with Crippen LogP contribution in [0.25, 0.3) is 10.2 Å². The molecule has 3 aromatic rings. The molecule has 1 heterocycles. The second-order valence-corrected chi connectivity index (χ2v) is 9.78. The number of nitrogens with zero attached hydrogens (tertiary/aromatic N) is 2. The summed E-state index contributed by atoms with van der Waals surface area (Å²) >= 11 is 8.34. The second kappa shape index (κ2) is 9.91. The van der Waals surface area contributed by atoms with E-state index < -0.39 is 0 Å². The van der Waals surface area contributed by atoms with Crippen molar-refractivity contribution in [1.29, 1.82) is 0 Å². The number of thioether (sulfide) groups is 2. The van der Waals surface area contributed by atoms with E-state index in [-0.39, 0.29) is 11.7 Å². The Morgan fingerprint density at radius 3 is 2.74 bits per heavy atom. The van der Waals surface area contributed by atoms with Gasteiger partial charge in [-0.15, -0.1) is 11.8 Å². The number of aromatic nitrogens is 1. The molecule has 0 radical (unpaired) electrons. The van der Waals surface area contributed by atoms with Crippen LogP contribution in [0.1, 0.15) is 6.42 Å². The highest BCUT2D eigenvalue weighted by Gasteiger charge is 2.09. The van der Waals surface area contributed by atoms with Gasteiger partial charge in [-0.2, -0.15) is 16.8 Å². The monoisotopic (exact) mass is 484 g/mol. The first-order valence-electron chi connectivity index (χ1n) is 8.30. The molecule has 2 aromatic carbocycles. The molecule has 0 saturated carbocycles. The SMILES string of the molecule is CSCCn1c(=NC(=O)CCSc2ccc(F)cc2)sc2cc(Br)ccc21. The number of rotatable bonds is 7. The minimum absolute atomic E-state index is 0.131. The molecule has 142 valence electrons. The van der Waals surface area contributed by atoms with Crippen LogP contribution in [-0.2, 0) is 11.3 Å². The molecule has 0 aliphatic carbocycles. The van der Waals surface area contributed by atoms with E-state index in [9.17, 15) is 9.18 Å². The van der Waals surface area contributed by atoms with Crippen LogP contribution in [0.5, 0.6) is 0 Å². The van der Waals surface area contributed by atoms with E-state index in [1.54, 1.807) is 23.9 Å². The van der Waals surface area contributed by atoms with E-state index >= 15 is 0 Å². The first kappa shape index (κ1) is 20.6. The molecule has 0 unspecified atom stereocenters. The predicted octanol–water partition coefficient (Wildman–Crippen LogP) is 5.58. The lowest BCUT2D eigenvalue weighted by molar-refractivity contribution is -0.117. The highest BCUT2D eigenvalue weighted by atomic mass is 79.9. The summed E-state index contributed by atoms with van der Waals surface area (Å²) in [5.41, 5.74) is 1.10. The molecule has 0 aliphatic rings. The number of hydrogen-bond donors (Lipinski definition) is 0. The molecule has 0 spiro atoms. The van der Waals surface area contributed by atoms with Gasteiger partial charge < -0.3 is 4.57 Å². The Kier molecular flexibility index (Phi) is 7.57. The standard InChI is InChI=1S/C19H18BrFN2OS3/c1-25-11-9-23-16-7-2-13(20)12-17(16)27-19(23)22-18(24)8-10-26-15-5-3-14(21)4-6-15/h2-7,12H,8-11H2,1H3. The zero-order chi connectivity index (χ0) is 19.2. The van der Waals surface area contributed by atoms with Gasteiger partial charge in [-0.3, -0.25) is 4.79 Å². The van der Waals surface area contributed by atoms with Crippen molar-refractivity contribution in [3.63, 3.8) is 0 Å². The molecule has 3 nitrogen and oxygen atoms in total. The normalized spacial score (nSPS) is 12.0. The molecule has 0 fully saturated rings. The van der Waals surface area contributed by atoms with Crippen LogP contribution in [0.2, 0.25) is 0 Å². The first-order chi connectivity index (χ1) is 13.1. The van der Waals surface area contributed by atoms with Gasteiger partial charge in [0, 0.05) is 33.8 Å². The van der Waals surface area contributed by atoms with Crippen LogP contribution >= 0.6 is 50.8 Å². The predicted molar refractivity (Wildman–Crippen MR) is 118 cm³/mol. The highest BCUT2D eigenvalue weighted by molar-refractivity contribution is 9.10. The van der Waals surface area contributed by atoms with Gasteiger partial charge >= 0.3 is 0 Å². The van der Waals surface area contributed by atoms with Crippen molar-refractivity contribution in [3.8, 4) is 0 Å². The maximum Gasteiger partial charge on any atom is 0.249 e. The number of amides is 1. The molecule has 3 rings (SSSR count). The number of fused-ring (bicyclic) bond motifs is 1. The maximum absolute atomic E-state index is 12.9. The van der Waals surface area contributed by atoms with Crippen molar-refractivity contribution in [2.45, 2.75) is 17.9 Å². The van der Waals surface area contributed by atoms with Gasteiger partial charge in [0.1, 0.15) is 5.82 Å². The molecular weight excluding hydrogens is 467 g/mol. The summed E-state index contributed by atoms with van der Waals surface area (Å²) in [7, 11) is 0. The van der Waals surface area contributed by atoms with E-state index in [1.165, 1.54) is 35.2 Å². The van der Waals surface area contributed by atoms with E-state index in [0.29, 0.717) is 12.2 Å². The summed E-state index contributed by atoms with van der Waals surface area (Å²) in [4.78, 5) is 18.4. The summed E-state index contributed by atoms with van der Waals surface area (Å²) in [6.45, 7) is 0.819. The van der Waals surface area contributed by atoms with Gasteiger partial charge in [0.2, 0.25) is 5.91 Å². The molecule has 27 heavy (non-hydrogen) atoms. The molecule has 0 aliphatic heterocycles. The maximum atomic E-state index is 12.9. The molecule has 0 N–H and O–H groups in total. The van der Waals surface area contributed by atoms with Crippen LogP contribution in [0, 0.1) is 5.82 Å². The first-order valence-corrected chi connectivity index (χ1v) is 12.3. The van der Waals surface area contributed by atoms with Gasteiger partial charge in [-0.1, -0.05) is 27.3 Å². The third-order valence-corrected chi connectivity index (χ3v) is 6.92. The molecular formula is C19H18BrFN2OS3. The Balaban J connectivity index is 1.75. The summed E-state index contributed by atoms with van der Waals surface area (Å²) in [5, 5.41) is 0. The van der Waals surface area contributed by atoms with Crippen LogP contribution in [0.15, 0.2) is 56.8 Å². The zero-order valence-corrected chi connectivity index (χ0v) is 18.7. The number of carbonyl (C=O) groups excluding carboxylic acids is 1. The molecule has 0 saturated heterocycles. The minimum Gasteiger partial charge on any atom is -0.316 e. The Morgan fingerprint density at radius 1 is 1.22 bits per heavy atom. The summed E-state index contributed by atoms with van der Waals surface area (Å²) in [6.07, 6.45) is 2.42. The molecule has 8 heteroatoms. The van der Waals surface area contributed by atoms with Crippen LogP contribution < -0.4 is 4.80 Å². The Morgan fingerprint density at radius 2 is 2.00 bits per heavy atom. The van der Waals surface area contributed by atoms with Crippen molar-refractivity contribution in [3.05, 3.63) is 57.6 Å².